The minimum Gasteiger partial charge on any atom is -0.382 e. The molecule has 0 aromatic rings. The summed E-state index contributed by atoms with van der Waals surface area (Å²) in [6.45, 7) is 7.78. The van der Waals surface area contributed by atoms with Gasteiger partial charge < -0.3 is 15.0 Å². The molecule has 3 nitrogen and oxygen atoms in total. The molecule has 106 valence electrons. The van der Waals surface area contributed by atoms with Crippen LogP contribution in [0.2, 0.25) is 0 Å². The second-order valence-corrected chi connectivity index (χ2v) is 5.25. The fourth-order valence-electron chi connectivity index (χ4n) is 2.58. The van der Waals surface area contributed by atoms with E-state index in [4.69, 9.17) is 17.0 Å². The first-order valence-electron chi connectivity index (χ1n) is 7.41. The standard InChI is InChI=1S/C14H28N2OS/c1-3-16(13-9-6-5-7-10-13)14(18)15-11-8-12-17-4-2/h13H,3-12H2,1-2H3,(H,15,18). The maximum absolute atomic E-state index is 5.51. The van der Waals surface area contributed by atoms with Crippen LogP contribution in [0.4, 0.5) is 0 Å². The molecule has 1 N–H and O–H groups in total. The van der Waals surface area contributed by atoms with Gasteiger partial charge in [-0.1, -0.05) is 19.3 Å². The highest BCUT2D eigenvalue weighted by molar-refractivity contribution is 7.80. The van der Waals surface area contributed by atoms with E-state index in [0.29, 0.717) is 6.04 Å². The number of hydrogen-bond acceptors (Lipinski definition) is 2. The Kier molecular flexibility index (Phi) is 8.34. The first-order chi connectivity index (χ1) is 8.79. The zero-order valence-electron chi connectivity index (χ0n) is 11.9. The van der Waals surface area contributed by atoms with E-state index in [1.165, 1.54) is 32.1 Å². The van der Waals surface area contributed by atoms with Crippen molar-refractivity contribution in [3.63, 3.8) is 0 Å². The average molecular weight is 272 g/mol. The lowest BCUT2D eigenvalue weighted by molar-refractivity contribution is 0.145. The topological polar surface area (TPSA) is 24.5 Å². The van der Waals surface area contributed by atoms with Gasteiger partial charge in [0.05, 0.1) is 0 Å². The van der Waals surface area contributed by atoms with Crippen LogP contribution in [0.1, 0.15) is 52.4 Å². The van der Waals surface area contributed by atoms with Crippen molar-refractivity contribution in [2.75, 3.05) is 26.3 Å². The minimum atomic E-state index is 0.663. The van der Waals surface area contributed by atoms with Gasteiger partial charge in [0.25, 0.3) is 0 Å². The fraction of sp³-hybridized carbons (Fsp3) is 0.929. The molecule has 0 spiro atoms. The van der Waals surface area contributed by atoms with Crippen LogP contribution in [-0.2, 0) is 4.74 Å². The Hall–Kier alpha value is -0.350. The maximum Gasteiger partial charge on any atom is 0.169 e. The third kappa shape index (κ3) is 5.53. The highest BCUT2D eigenvalue weighted by atomic mass is 32.1. The fourth-order valence-corrected chi connectivity index (χ4v) is 2.96. The monoisotopic (exact) mass is 272 g/mol. The molecule has 0 heterocycles. The van der Waals surface area contributed by atoms with Gasteiger partial charge in [-0.2, -0.15) is 0 Å². The quantitative estimate of drug-likeness (QED) is 0.569. The molecule has 1 aliphatic carbocycles. The normalized spacial score (nSPS) is 16.6. The van der Waals surface area contributed by atoms with Crippen LogP contribution >= 0.6 is 12.2 Å². The third-order valence-corrected chi connectivity index (χ3v) is 3.94. The van der Waals surface area contributed by atoms with E-state index in [1.54, 1.807) is 0 Å². The molecule has 0 amide bonds. The molecule has 0 atom stereocenters. The minimum absolute atomic E-state index is 0.663. The van der Waals surface area contributed by atoms with Gasteiger partial charge >= 0.3 is 0 Å². The van der Waals surface area contributed by atoms with Crippen LogP contribution in [0, 0.1) is 0 Å². The third-order valence-electron chi connectivity index (χ3n) is 3.56. The molecular formula is C14H28N2OS. The molecule has 0 bridgehead atoms. The van der Waals surface area contributed by atoms with Gasteiger partial charge in [0.1, 0.15) is 0 Å². The second-order valence-electron chi connectivity index (χ2n) is 4.86. The second kappa shape index (κ2) is 9.56. The number of nitrogens with one attached hydrogen (secondary N) is 1. The first-order valence-corrected chi connectivity index (χ1v) is 7.82. The summed E-state index contributed by atoms with van der Waals surface area (Å²) in [7, 11) is 0. The number of ether oxygens (including phenoxy) is 1. The van der Waals surface area contributed by atoms with Gasteiger partial charge in [0.15, 0.2) is 5.11 Å². The Morgan fingerprint density at radius 1 is 1.28 bits per heavy atom. The van der Waals surface area contributed by atoms with Crippen molar-refractivity contribution in [3.8, 4) is 0 Å². The van der Waals surface area contributed by atoms with Crippen molar-refractivity contribution >= 4 is 17.3 Å². The Morgan fingerprint density at radius 3 is 2.61 bits per heavy atom. The maximum atomic E-state index is 5.51. The van der Waals surface area contributed by atoms with E-state index in [-0.39, 0.29) is 0 Å². The van der Waals surface area contributed by atoms with Crippen molar-refractivity contribution < 1.29 is 4.74 Å². The van der Waals surface area contributed by atoms with Crippen molar-refractivity contribution in [3.05, 3.63) is 0 Å². The lowest BCUT2D eigenvalue weighted by Gasteiger charge is -2.35. The zero-order chi connectivity index (χ0) is 13.2. The van der Waals surface area contributed by atoms with Crippen LogP contribution in [0.3, 0.4) is 0 Å². The van der Waals surface area contributed by atoms with Crippen LogP contribution < -0.4 is 5.32 Å². The summed E-state index contributed by atoms with van der Waals surface area (Å²) >= 11 is 5.51. The molecule has 0 aliphatic heterocycles. The van der Waals surface area contributed by atoms with E-state index >= 15 is 0 Å². The van der Waals surface area contributed by atoms with E-state index in [1.807, 2.05) is 6.92 Å². The van der Waals surface area contributed by atoms with Gasteiger partial charge in [-0.3, -0.25) is 0 Å². The molecule has 1 aliphatic rings. The van der Waals surface area contributed by atoms with Crippen molar-refractivity contribution in [1.29, 1.82) is 0 Å². The summed E-state index contributed by atoms with van der Waals surface area (Å²) in [5.41, 5.74) is 0. The average Bonchev–Trinajstić information content (AvgIpc) is 2.40. The SMILES string of the molecule is CCOCCCNC(=S)N(CC)C1CCCCC1. The Labute approximate surface area is 117 Å². The predicted molar refractivity (Wildman–Crippen MR) is 81.0 cm³/mol. The molecule has 18 heavy (non-hydrogen) atoms. The van der Waals surface area contributed by atoms with Crippen molar-refractivity contribution in [2.45, 2.75) is 58.4 Å². The van der Waals surface area contributed by atoms with Crippen LogP contribution in [0.25, 0.3) is 0 Å². The number of rotatable bonds is 7. The van der Waals surface area contributed by atoms with E-state index in [2.05, 4.69) is 17.1 Å². The zero-order valence-corrected chi connectivity index (χ0v) is 12.7. The van der Waals surface area contributed by atoms with Gasteiger partial charge in [-0.15, -0.1) is 0 Å². The van der Waals surface area contributed by atoms with Crippen LogP contribution in [0.5, 0.6) is 0 Å². The Morgan fingerprint density at radius 2 is 2.00 bits per heavy atom. The van der Waals surface area contributed by atoms with Gasteiger partial charge in [-0.25, -0.2) is 0 Å². The molecule has 1 fully saturated rings. The molecule has 0 aromatic heterocycles. The van der Waals surface area contributed by atoms with Crippen molar-refractivity contribution in [1.82, 2.24) is 10.2 Å². The summed E-state index contributed by atoms with van der Waals surface area (Å²) in [5, 5.41) is 4.30. The Bertz CT molecular complexity index is 230. The number of nitrogens with zero attached hydrogens (tertiary/aromatic N) is 1. The lowest BCUT2D eigenvalue weighted by Crippen LogP contribution is -2.46. The summed E-state index contributed by atoms with van der Waals surface area (Å²) in [6.07, 6.45) is 7.73. The van der Waals surface area contributed by atoms with Gasteiger partial charge in [0.2, 0.25) is 0 Å². The number of thiocarbonyl (C=S) groups is 1. The summed E-state index contributed by atoms with van der Waals surface area (Å²) in [4.78, 5) is 2.37. The number of hydrogen-bond donors (Lipinski definition) is 1. The largest absolute Gasteiger partial charge is 0.382 e. The van der Waals surface area contributed by atoms with Crippen molar-refractivity contribution in [2.24, 2.45) is 0 Å². The van der Waals surface area contributed by atoms with E-state index < -0.39 is 0 Å². The smallest absolute Gasteiger partial charge is 0.169 e. The molecule has 1 rings (SSSR count). The highest BCUT2D eigenvalue weighted by Gasteiger charge is 2.21. The van der Waals surface area contributed by atoms with E-state index in [0.717, 1.165) is 37.8 Å². The molecule has 0 unspecified atom stereocenters. The predicted octanol–water partition coefficient (Wildman–Crippen LogP) is 2.94. The summed E-state index contributed by atoms with van der Waals surface area (Å²) < 4.78 is 5.32. The molecular weight excluding hydrogens is 244 g/mol. The molecule has 4 heteroatoms. The molecule has 0 saturated heterocycles. The molecule has 0 radical (unpaired) electrons. The molecule has 0 aromatic carbocycles. The van der Waals surface area contributed by atoms with E-state index in [9.17, 15) is 0 Å². The van der Waals surface area contributed by atoms with Crippen LogP contribution in [0.15, 0.2) is 0 Å². The Balaban J connectivity index is 2.23. The van der Waals surface area contributed by atoms with Gasteiger partial charge in [-0.05, 0) is 45.3 Å². The summed E-state index contributed by atoms with van der Waals surface area (Å²) in [6, 6.07) is 0.663. The summed E-state index contributed by atoms with van der Waals surface area (Å²) in [5.74, 6) is 0. The molecule has 1 saturated carbocycles. The highest BCUT2D eigenvalue weighted by Crippen LogP contribution is 2.22. The first kappa shape index (κ1) is 15.7. The van der Waals surface area contributed by atoms with Crippen LogP contribution in [-0.4, -0.2) is 42.4 Å². The van der Waals surface area contributed by atoms with Gasteiger partial charge in [0, 0.05) is 32.3 Å². The lowest BCUT2D eigenvalue weighted by atomic mass is 9.94.